The van der Waals surface area contributed by atoms with Crippen molar-refractivity contribution in [3.8, 4) is 11.4 Å². The molecule has 0 unspecified atom stereocenters. The van der Waals surface area contributed by atoms with Crippen LogP contribution in [0.15, 0.2) is 48.9 Å². The molecule has 6 nitrogen and oxygen atoms in total. The minimum absolute atomic E-state index is 0.188. The van der Waals surface area contributed by atoms with Crippen LogP contribution >= 0.6 is 0 Å². The molecule has 0 saturated carbocycles. The topological polar surface area (TPSA) is 72.7 Å². The van der Waals surface area contributed by atoms with E-state index >= 15 is 0 Å². The van der Waals surface area contributed by atoms with E-state index in [-0.39, 0.29) is 5.91 Å². The molecule has 23 heavy (non-hydrogen) atoms. The van der Waals surface area contributed by atoms with Crippen LogP contribution in [-0.2, 0) is 6.54 Å². The molecule has 1 N–H and O–H groups in total. The highest BCUT2D eigenvalue weighted by Gasteiger charge is 2.09. The van der Waals surface area contributed by atoms with Crippen molar-refractivity contribution in [2.75, 3.05) is 5.32 Å². The summed E-state index contributed by atoms with van der Waals surface area (Å²) in [6.07, 6.45) is 3.26. The van der Waals surface area contributed by atoms with Gasteiger partial charge in [-0.15, -0.1) is 10.2 Å². The molecular formula is C17H17N5O. The number of benzene rings is 1. The SMILES string of the molecule is CCn1cnnc1-c1cccc(NC(=O)c2ccc(C)nc2)c1. The highest BCUT2D eigenvalue weighted by Crippen LogP contribution is 2.21. The van der Waals surface area contributed by atoms with Crippen molar-refractivity contribution < 1.29 is 4.79 Å². The van der Waals surface area contributed by atoms with Gasteiger partial charge < -0.3 is 9.88 Å². The number of rotatable bonds is 4. The lowest BCUT2D eigenvalue weighted by atomic mass is 10.1. The number of hydrogen-bond donors (Lipinski definition) is 1. The second-order valence-electron chi connectivity index (χ2n) is 5.16. The average Bonchev–Trinajstić information content (AvgIpc) is 3.04. The fourth-order valence-electron chi connectivity index (χ4n) is 2.25. The number of pyridine rings is 1. The molecular weight excluding hydrogens is 290 g/mol. The third kappa shape index (κ3) is 3.26. The summed E-state index contributed by atoms with van der Waals surface area (Å²) in [4.78, 5) is 16.4. The maximum atomic E-state index is 12.3. The van der Waals surface area contributed by atoms with Gasteiger partial charge in [-0.3, -0.25) is 9.78 Å². The zero-order valence-corrected chi connectivity index (χ0v) is 13.0. The molecule has 0 aliphatic carbocycles. The number of nitrogens with one attached hydrogen (secondary N) is 1. The number of carbonyl (C=O) groups excluding carboxylic acids is 1. The van der Waals surface area contributed by atoms with Gasteiger partial charge >= 0.3 is 0 Å². The van der Waals surface area contributed by atoms with Crippen LogP contribution in [0.5, 0.6) is 0 Å². The van der Waals surface area contributed by atoms with Crippen LogP contribution in [0.4, 0.5) is 5.69 Å². The van der Waals surface area contributed by atoms with E-state index in [1.54, 1.807) is 18.6 Å². The Kier molecular flexibility index (Phi) is 4.14. The molecule has 0 fully saturated rings. The van der Waals surface area contributed by atoms with E-state index < -0.39 is 0 Å². The van der Waals surface area contributed by atoms with Crippen molar-refractivity contribution in [3.05, 3.63) is 60.2 Å². The number of anilines is 1. The molecule has 0 aliphatic heterocycles. The summed E-state index contributed by atoms with van der Waals surface area (Å²) in [7, 11) is 0. The number of nitrogens with zero attached hydrogens (tertiary/aromatic N) is 4. The molecule has 3 rings (SSSR count). The highest BCUT2D eigenvalue weighted by molar-refractivity contribution is 6.04. The first kappa shape index (κ1) is 14.9. The molecule has 0 spiro atoms. The van der Waals surface area contributed by atoms with Crippen molar-refractivity contribution in [3.63, 3.8) is 0 Å². The predicted octanol–water partition coefficient (Wildman–Crippen LogP) is 2.92. The van der Waals surface area contributed by atoms with Gasteiger partial charge in [0, 0.05) is 29.7 Å². The van der Waals surface area contributed by atoms with Crippen LogP contribution in [0, 0.1) is 6.92 Å². The lowest BCUT2D eigenvalue weighted by Crippen LogP contribution is -2.12. The number of aryl methyl sites for hydroxylation is 2. The lowest BCUT2D eigenvalue weighted by molar-refractivity contribution is 0.102. The lowest BCUT2D eigenvalue weighted by Gasteiger charge is -2.08. The first-order chi connectivity index (χ1) is 11.2. The van der Waals surface area contributed by atoms with Crippen molar-refractivity contribution in [2.24, 2.45) is 0 Å². The van der Waals surface area contributed by atoms with Gasteiger partial charge in [0.1, 0.15) is 6.33 Å². The van der Waals surface area contributed by atoms with Crippen molar-refractivity contribution in [1.82, 2.24) is 19.7 Å². The Hall–Kier alpha value is -3.02. The Morgan fingerprint density at radius 2 is 2.13 bits per heavy atom. The normalized spacial score (nSPS) is 10.5. The fraction of sp³-hybridized carbons (Fsp3) is 0.176. The van der Waals surface area contributed by atoms with Crippen LogP contribution < -0.4 is 5.32 Å². The molecule has 1 amide bonds. The minimum atomic E-state index is -0.188. The molecule has 0 aliphatic rings. The van der Waals surface area contributed by atoms with Crippen molar-refractivity contribution >= 4 is 11.6 Å². The summed E-state index contributed by atoms with van der Waals surface area (Å²) in [6, 6.07) is 11.1. The molecule has 0 saturated heterocycles. The van der Waals surface area contributed by atoms with Crippen LogP contribution in [0.2, 0.25) is 0 Å². The number of carbonyl (C=O) groups is 1. The zero-order valence-electron chi connectivity index (χ0n) is 13.0. The Balaban J connectivity index is 1.83. The Morgan fingerprint density at radius 1 is 1.26 bits per heavy atom. The molecule has 3 aromatic rings. The van der Waals surface area contributed by atoms with Crippen molar-refractivity contribution in [2.45, 2.75) is 20.4 Å². The second kappa shape index (κ2) is 6.39. The summed E-state index contributed by atoms with van der Waals surface area (Å²) < 4.78 is 1.95. The molecule has 6 heteroatoms. The molecule has 0 bridgehead atoms. The largest absolute Gasteiger partial charge is 0.322 e. The maximum absolute atomic E-state index is 12.3. The molecule has 2 heterocycles. The quantitative estimate of drug-likeness (QED) is 0.804. The van der Waals surface area contributed by atoms with Gasteiger partial charge in [-0.25, -0.2) is 0 Å². The smallest absolute Gasteiger partial charge is 0.257 e. The van der Waals surface area contributed by atoms with E-state index in [9.17, 15) is 4.79 Å². The first-order valence-electron chi connectivity index (χ1n) is 7.39. The summed E-state index contributed by atoms with van der Waals surface area (Å²) in [5.74, 6) is 0.590. The van der Waals surface area contributed by atoms with Crippen LogP contribution in [0.25, 0.3) is 11.4 Å². The third-order valence-corrected chi connectivity index (χ3v) is 3.51. The van der Waals surface area contributed by atoms with E-state index in [1.807, 2.05) is 48.7 Å². The monoisotopic (exact) mass is 307 g/mol. The Morgan fingerprint density at radius 3 is 2.87 bits per heavy atom. The standard InChI is InChI=1S/C17H17N5O/c1-3-22-11-19-21-16(22)13-5-4-6-15(9-13)20-17(23)14-8-7-12(2)18-10-14/h4-11H,3H2,1-2H3,(H,20,23). The first-order valence-corrected chi connectivity index (χ1v) is 7.39. The van der Waals surface area contributed by atoms with Crippen LogP contribution in [-0.4, -0.2) is 25.7 Å². The van der Waals surface area contributed by atoms with Gasteiger partial charge in [0.25, 0.3) is 5.91 Å². The highest BCUT2D eigenvalue weighted by atomic mass is 16.1. The number of amides is 1. The fourth-order valence-corrected chi connectivity index (χ4v) is 2.25. The van der Waals surface area contributed by atoms with Gasteiger partial charge in [0.05, 0.1) is 5.56 Å². The summed E-state index contributed by atoms with van der Waals surface area (Å²) >= 11 is 0. The summed E-state index contributed by atoms with van der Waals surface area (Å²) in [6.45, 7) is 4.70. The zero-order chi connectivity index (χ0) is 16.2. The summed E-state index contributed by atoms with van der Waals surface area (Å²) in [5.41, 5.74) is 3.02. The maximum Gasteiger partial charge on any atom is 0.257 e. The molecule has 1 aromatic carbocycles. The van der Waals surface area contributed by atoms with E-state index in [4.69, 9.17) is 0 Å². The third-order valence-electron chi connectivity index (χ3n) is 3.51. The summed E-state index contributed by atoms with van der Waals surface area (Å²) in [5, 5.41) is 10.9. The van der Waals surface area contributed by atoms with E-state index in [2.05, 4.69) is 20.5 Å². The van der Waals surface area contributed by atoms with Crippen molar-refractivity contribution in [1.29, 1.82) is 0 Å². The molecule has 0 atom stereocenters. The Bertz CT molecular complexity index is 823. The van der Waals surface area contributed by atoms with Gasteiger partial charge in [-0.1, -0.05) is 12.1 Å². The van der Waals surface area contributed by atoms with Crippen LogP contribution in [0.1, 0.15) is 23.0 Å². The number of aromatic nitrogens is 4. The molecule has 116 valence electrons. The average molecular weight is 307 g/mol. The van der Waals surface area contributed by atoms with E-state index in [1.165, 1.54) is 0 Å². The second-order valence-corrected chi connectivity index (χ2v) is 5.16. The van der Waals surface area contributed by atoms with Gasteiger partial charge in [0.15, 0.2) is 5.82 Å². The molecule has 2 aromatic heterocycles. The van der Waals surface area contributed by atoms with Gasteiger partial charge in [-0.05, 0) is 38.1 Å². The Labute approximate surface area is 134 Å². The van der Waals surface area contributed by atoms with Crippen LogP contribution in [0.3, 0.4) is 0 Å². The molecule has 0 radical (unpaired) electrons. The predicted molar refractivity (Wildman–Crippen MR) is 88.1 cm³/mol. The van der Waals surface area contributed by atoms with E-state index in [0.29, 0.717) is 11.3 Å². The van der Waals surface area contributed by atoms with E-state index in [0.717, 1.165) is 23.6 Å². The van der Waals surface area contributed by atoms with Gasteiger partial charge in [0.2, 0.25) is 0 Å². The number of hydrogen-bond acceptors (Lipinski definition) is 4. The van der Waals surface area contributed by atoms with Gasteiger partial charge in [-0.2, -0.15) is 0 Å². The minimum Gasteiger partial charge on any atom is -0.322 e.